The van der Waals surface area contributed by atoms with E-state index in [2.05, 4.69) is 44.5 Å². The zero-order chi connectivity index (χ0) is 56.1. The van der Waals surface area contributed by atoms with Crippen LogP contribution in [0.4, 0.5) is 27.1 Å². The summed E-state index contributed by atoms with van der Waals surface area (Å²) >= 11 is 0. The molecule has 8 rings (SSSR count). The SMILES string of the molecule is CCCc1nc(C)c2c(=O)[nH]c(-c3cc(S(=O)(=O)Cl)ccc3OCC)nn12.[2H]CF.[C-]#[N+]c1ccc(N)cc1C.[C-]#[N+]c1ccc(NS(=O)(=O)c2ccc(OCC)c(-c3nn4c(CCC)nc(C)c4c(=O)[nH]3)c2)cc1C.[H-].[Na+]. The summed E-state index contributed by atoms with van der Waals surface area (Å²) in [5.41, 5.74) is 11.0. The Balaban J connectivity index is 0.000000334. The van der Waals surface area contributed by atoms with E-state index in [1.165, 1.54) is 51.5 Å². The number of nitrogens with one attached hydrogen (secondary N) is 3. The van der Waals surface area contributed by atoms with Gasteiger partial charge in [-0.05, 0) is 126 Å². The first-order chi connectivity index (χ1) is 36.1. The third-order valence-corrected chi connectivity index (χ3v) is 13.7. The number of alkyl halides is 1. The molecule has 0 unspecified atom stereocenters. The van der Waals surface area contributed by atoms with Gasteiger partial charge in [0, 0.05) is 34.9 Å². The number of halogens is 2. The van der Waals surface area contributed by atoms with Crippen molar-refractivity contribution in [1.82, 2.24) is 39.2 Å². The third-order valence-electron chi connectivity index (χ3n) is 10.9. The molecule has 4 aromatic heterocycles. The Bertz CT molecular complexity index is 3860. The van der Waals surface area contributed by atoms with Gasteiger partial charge in [-0.25, -0.2) is 45.5 Å². The summed E-state index contributed by atoms with van der Waals surface area (Å²) in [7, 11) is -3.48. The molecule has 0 saturated heterocycles. The third kappa shape index (κ3) is 14.4. The van der Waals surface area contributed by atoms with Crippen molar-refractivity contribution in [2.45, 2.75) is 90.9 Å². The summed E-state index contributed by atoms with van der Waals surface area (Å²) in [4.78, 5) is 46.5. The number of aromatic nitrogens is 8. The second kappa shape index (κ2) is 27.1. The number of anilines is 2. The molecule has 76 heavy (non-hydrogen) atoms. The molecule has 0 fully saturated rings. The van der Waals surface area contributed by atoms with Crippen LogP contribution < -0.4 is 60.6 Å². The second-order valence-electron chi connectivity index (χ2n) is 16.3. The van der Waals surface area contributed by atoms with Crippen LogP contribution in [0.15, 0.2) is 92.2 Å². The summed E-state index contributed by atoms with van der Waals surface area (Å²) in [5, 5.41) is 9.09. The Morgan fingerprint density at radius 2 is 1.16 bits per heavy atom. The number of aromatic amines is 2. The number of nitrogens with zero attached hydrogens (tertiary/aromatic N) is 8. The molecule has 4 aromatic carbocycles. The fraction of sp³-hybridized carbons (Fsp3) is 0.294. The Morgan fingerprint density at radius 3 is 1.57 bits per heavy atom. The molecule has 0 spiro atoms. The molecule has 0 atom stereocenters. The Kier molecular flexibility index (Phi) is 21.3. The molecular weight excluding hydrogens is 1050 g/mol. The molecule has 0 aliphatic heterocycles. The maximum atomic E-state index is 13.2. The largest absolute Gasteiger partial charge is 1.00 e. The zero-order valence-corrected chi connectivity index (χ0v) is 47.8. The second-order valence-corrected chi connectivity index (χ2v) is 20.6. The topological polar surface area (TPSA) is 260 Å². The molecule has 0 amide bonds. The number of sulfonamides is 1. The number of imidazole rings is 2. The minimum Gasteiger partial charge on any atom is -1.00 e. The van der Waals surface area contributed by atoms with Crippen molar-refractivity contribution in [2.24, 2.45) is 0 Å². The molecule has 396 valence electrons. The van der Waals surface area contributed by atoms with Crippen molar-refractivity contribution in [2.75, 3.05) is 30.8 Å². The number of nitrogens with two attached hydrogens (primary N) is 1. The Morgan fingerprint density at radius 1 is 0.724 bits per heavy atom. The monoisotopic (exact) mass is 1110 g/mol. The first-order valence-electron chi connectivity index (χ1n) is 23.9. The molecule has 0 saturated carbocycles. The molecule has 4 heterocycles. The predicted octanol–water partition coefficient (Wildman–Crippen LogP) is 6.91. The van der Waals surface area contributed by atoms with Gasteiger partial charge in [0.25, 0.3) is 30.2 Å². The number of H-pyrrole nitrogens is 2. The average molecular weight is 1110 g/mol. The van der Waals surface area contributed by atoms with E-state index in [0.717, 1.165) is 18.4 Å². The van der Waals surface area contributed by atoms with Gasteiger partial charge >= 0.3 is 29.6 Å². The van der Waals surface area contributed by atoms with Crippen molar-refractivity contribution in [1.29, 1.82) is 0 Å². The van der Waals surface area contributed by atoms with Crippen LogP contribution in [0.5, 0.6) is 11.5 Å². The van der Waals surface area contributed by atoms with Crippen LogP contribution >= 0.6 is 10.7 Å². The number of benzene rings is 4. The Labute approximate surface area is 469 Å². The molecule has 5 N–H and O–H groups in total. The summed E-state index contributed by atoms with van der Waals surface area (Å²) in [6.07, 6.45) is 2.95. The molecule has 8 aromatic rings. The quantitative estimate of drug-likeness (QED) is 0.0374. The van der Waals surface area contributed by atoms with E-state index in [1.807, 2.05) is 27.7 Å². The molecule has 25 heteroatoms. The zero-order valence-electron chi connectivity index (χ0n) is 45.4. The molecule has 0 aliphatic rings. The molecule has 0 bridgehead atoms. The number of hydrogen-bond donors (Lipinski definition) is 4. The minimum absolute atomic E-state index is 0. The van der Waals surface area contributed by atoms with Gasteiger partial charge in [-0.3, -0.25) is 18.7 Å². The van der Waals surface area contributed by atoms with Gasteiger partial charge in [0.15, 0.2) is 34.1 Å². The van der Waals surface area contributed by atoms with E-state index >= 15 is 0 Å². The van der Waals surface area contributed by atoms with Crippen molar-refractivity contribution in [3.8, 4) is 34.3 Å². The normalized spacial score (nSPS) is 11.0. The first kappa shape index (κ1) is 59.8. The summed E-state index contributed by atoms with van der Waals surface area (Å²) in [6.45, 7) is 29.3. The molecular formula is C51H57ClFN12NaO8S2. The number of aryl methyl sites for hydroxylation is 6. The van der Waals surface area contributed by atoms with Crippen LogP contribution in [-0.4, -0.2) is 76.4 Å². The fourth-order valence-electron chi connectivity index (χ4n) is 7.62. The summed E-state index contributed by atoms with van der Waals surface area (Å²) in [6, 6.07) is 18.5. The summed E-state index contributed by atoms with van der Waals surface area (Å²) in [5.74, 6) is 2.42. The summed E-state index contributed by atoms with van der Waals surface area (Å²) < 4.78 is 82.3. The van der Waals surface area contributed by atoms with Crippen molar-refractivity contribution < 1.29 is 63.1 Å². The van der Waals surface area contributed by atoms with E-state index in [9.17, 15) is 30.8 Å². The van der Waals surface area contributed by atoms with E-state index in [0.29, 0.717) is 111 Å². The van der Waals surface area contributed by atoms with E-state index in [1.54, 1.807) is 58.0 Å². The molecule has 0 aliphatic carbocycles. The fourth-order valence-corrected chi connectivity index (χ4v) is 9.47. The van der Waals surface area contributed by atoms with Gasteiger partial charge in [0.1, 0.15) is 23.1 Å². The van der Waals surface area contributed by atoms with Crippen LogP contribution in [-0.2, 0) is 31.9 Å². The van der Waals surface area contributed by atoms with Crippen LogP contribution in [0.2, 0.25) is 0 Å². The van der Waals surface area contributed by atoms with E-state index < -0.39 is 26.2 Å². The average Bonchev–Trinajstić information content (AvgIpc) is 3.89. The predicted molar refractivity (Wildman–Crippen MR) is 289 cm³/mol. The van der Waals surface area contributed by atoms with Crippen LogP contribution in [0, 0.1) is 40.8 Å². The maximum Gasteiger partial charge on any atom is 1.00 e. The number of nitrogen functional groups attached to an aromatic ring is 1. The number of ether oxygens (including phenoxy) is 2. The smallest absolute Gasteiger partial charge is 1.00 e. The molecule has 0 radical (unpaired) electrons. The van der Waals surface area contributed by atoms with Gasteiger partial charge in [0.05, 0.1) is 67.2 Å². The first-order valence-corrected chi connectivity index (χ1v) is 26.9. The number of hydrogen-bond acceptors (Lipinski definition) is 13. The van der Waals surface area contributed by atoms with Gasteiger partial charge in [-0.15, -0.1) is 10.2 Å². The standard InChI is InChI=1S/C25H26N6O4S.C17H19ClN4O4S.C8H8N2.CH3F.Na.H/c1-6-8-22-27-16(4)23-25(32)28-24(29-31(22)23)19-14-18(10-12-21(19)35-7-2)36(33,34)30-17-9-11-20(26-5)15(3)13-17;1-4-6-14-19-10(3)15-17(23)20-16(21-22(14)15)12-9-11(27(18,24)25)7-8-13(12)26-5-2;1-6-5-7(9)3-4-8(6)10-2;1-2;;/h9-14,30H,6-8H2,1-4H3,(H,28,29,32);7-9H,4-6H2,1-3H3,(H,20,21,23);3-5H,9H2,1H3;1H3;;/q;;;;+1;-1/i;;;1D;;. The van der Waals surface area contributed by atoms with Crippen LogP contribution in [0.1, 0.15) is 77.5 Å². The van der Waals surface area contributed by atoms with Crippen LogP contribution in [0.3, 0.4) is 0 Å². The molecule has 20 nitrogen and oxygen atoms in total. The van der Waals surface area contributed by atoms with Crippen molar-refractivity contribution in [3.05, 3.63) is 151 Å². The Hall–Kier alpha value is -7.12. The number of rotatable bonds is 14. The van der Waals surface area contributed by atoms with Crippen LogP contribution in [0.25, 0.3) is 43.5 Å². The van der Waals surface area contributed by atoms with Gasteiger partial charge in [-0.1, -0.05) is 26.0 Å². The van der Waals surface area contributed by atoms with Crippen molar-refractivity contribution in [3.63, 3.8) is 0 Å². The maximum absolute atomic E-state index is 13.2. The van der Waals surface area contributed by atoms with Gasteiger partial charge in [0.2, 0.25) is 0 Å². The number of fused-ring (bicyclic) bond motifs is 2. The van der Waals surface area contributed by atoms with Gasteiger partial charge < -0.3 is 26.6 Å². The van der Waals surface area contributed by atoms with E-state index in [4.69, 9.17) is 40.4 Å². The van der Waals surface area contributed by atoms with Crippen molar-refractivity contribution >= 4 is 63.5 Å². The van der Waals surface area contributed by atoms with Gasteiger partial charge in [-0.2, -0.15) is 0 Å². The minimum atomic E-state index is -4.00. The van der Waals surface area contributed by atoms with E-state index in [-0.39, 0.29) is 63.5 Å².